The van der Waals surface area contributed by atoms with Crippen LogP contribution in [0.5, 0.6) is 0 Å². The Morgan fingerprint density at radius 1 is 1.18 bits per heavy atom. The van der Waals surface area contributed by atoms with Gasteiger partial charge in [0.15, 0.2) is 6.39 Å². The van der Waals surface area contributed by atoms with Crippen LogP contribution in [0.3, 0.4) is 0 Å². The van der Waals surface area contributed by atoms with Gasteiger partial charge >= 0.3 is 0 Å². The van der Waals surface area contributed by atoms with Gasteiger partial charge in [-0.15, -0.1) is 0 Å². The van der Waals surface area contributed by atoms with Crippen molar-refractivity contribution >= 4 is 11.8 Å². The van der Waals surface area contributed by atoms with Crippen LogP contribution in [-0.2, 0) is 9.53 Å². The van der Waals surface area contributed by atoms with E-state index in [0.717, 1.165) is 25.3 Å². The molecular formula is C20H30N4O4. The van der Waals surface area contributed by atoms with Crippen molar-refractivity contribution in [2.24, 2.45) is 5.92 Å². The van der Waals surface area contributed by atoms with Crippen LogP contribution in [0.1, 0.15) is 48.4 Å². The number of aromatic nitrogens is 1. The van der Waals surface area contributed by atoms with Gasteiger partial charge in [-0.2, -0.15) is 0 Å². The molecule has 1 aromatic rings. The van der Waals surface area contributed by atoms with Gasteiger partial charge in [0.25, 0.3) is 5.91 Å². The van der Waals surface area contributed by atoms with E-state index in [0.29, 0.717) is 45.0 Å². The van der Waals surface area contributed by atoms with Crippen LogP contribution in [0.4, 0.5) is 0 Å². The fourth-order valence-electron chi connectivity index (χ4n) is 4.30. The molecule has 2 amide bonds. The third-order valence-electron chi connectivity index (χ3n) is 6.16. The Bertz CT molecular complexity index is 696. The number of aryl methyl sites for hydroxylation is 1. The van der Waals surface area contributed by atoms with E-state index in [1.807, 2.05) is 4.90 Å². The third kappa shape index (κ3) is 4.55. The maximum atomic E-state index is 12.7. The van der Waals surface area contributed by atoms with Crippen molar-refractivity contribution in [1.82, 2.24) is 20.1 Å². The number of oxazole rings is 1. The Balaban J connectivity index is 1.34. The Labute approximate surface area is 165 Å². The second kappa shape index (κ2) is 8.61. The Morgan fingerprint density at radius 2 is 1.93 bits per heavy atom. The molecule has 2 saturated heterocycles. The summed E-state index contributed by atoms with van der Waals surface area (Å²) in [5.41, 5.74) is 0.604. The van der Waals surface area contributed by atoms with E-state index in [9.17, 15) is 9.59 Å². The van der Waals surface area contributed by atoms with E-state index < -0.39 is 0 Å². The first-order valence-electron chi connectivity index (χ1n) is 10.4. The lowest BCUT2D eigenvalue weighted by molar-refractivity contribution is -0.136. The van der Waals surface area contributed by atoms with Crippen LogP contribution in [-0.4, -0.2) is 78.1 Å². The van der Waals surface area contributed by atoms with Gasteiger partial charge in [-0.1, -0.05) is 0 Å². The summed E-state index contributed by atoms with van der Waals surface area (Å²) in [5, 5.41) is 3.00. The second-order valence-corrected chi connectivity index (χ2v) is 8.20. The molecule has 28 heavy (non-hydrogen) atoms. The summed E-state index contributed by atoms with van der Waals surface area (Å²) in [5.74, 6) is 1.05. The molecule has 1 aliphatic carbocycles. The molecule has 0 spiro atoms. The van der Waals surface area contributed by atoms with Gasteiger partial charge in [0.2, 0.25) is 11.7 Å². The predicted molar refractivity (Wildman–Crippen MR) is 102 cm³/mol. The van der Waals surface area contributed by atoms with E-state index in [4.69, 9.17) is 9.15 Å². The monoisotopic (exact) mass is 390 g/mol. The van der Waals surface area contributed by atoms with Gasteiger partial charge in [0.1, 0.15) is 0 Å². The molecule has 0 bridgehead atoms. The number of nitrogens with zero attached hydrogens (tertiary/aromatic N) is 3. The molecule has 0 unspecified atom stereocenters. The largest absolute Gasteiger partial charge is 0.438 e. The standard InChI is InChI=1S/C20H30N4O4/c1-14-19(28-13-22-14)20(26)21-11-17-5-4-16(24(17)12-15-2-3-15)10-18(25)23-6-8-27-9-7-23/h13,15-17H,2-12H2,1H3,(H,21,26)/t16-,17+/m1/s1. The molecule has 1 saturated carbocycles. The highest BCUT2D eigenvalue weighted by molar-refractivity contribution is 5.92. The molecule has 2 atom stereocenters. The minimum absolute atomic E-state index is 0.214. The lowest BCUT2D eigenvalue weighted by atomic mass is 10.1. The molecule has 3 fully saturated rings. The van der Waals surface area contributed by atoms with Crippen molar-refractivity contribution in [3.8, 4) is 0 Å². The highest BCUT2D eigenvalue weighted by atomic mass is 16.5. The molecule has 154 valence electrons. The number of nitrogens with one attached hydrogen (secondary N) is 1. The topological polar surface area (TPSA) is 87.9 Å². The smallest absolute Gasteiger partial charge is 0.289 e. The summed E-state index contributed by atoms with van der Waals surface area (Å²) in [6.45, 7) is 6.04. The van der Waals surface area contributed by atoms with Crippen molar-refractivity contribution < 1.29 is 18.7 Å². The van der Waals surface area contributed by atoms with E-state index in [-0.39, 0.29) is 29.7 Å². The van der Waals surface area contributed by atoms with E-state index >= 15 is 0 Å². The summed E-state index contributed by atoms with van der Waals surface area (Å²) in [6.07, 6.45) is 6.42. The molecule has 3 heterocycles. The lowest BCUT2D eigenvalue weighted by Gasteiger charge is -2.33. The molecule has 0 radical (unpaired) electrons. The van der Waals surface area contributed by atoms with Crippen molar-refractivity contribution in [3.63, 3.8) is 0 Å². The Kier molecular flexibility index (Phi) is 5.96. The molecule has 8 nitrogen and oxygen atoms in total. The maximum absolute atomic E-state index is 12.7. The van der Waals surface area contributed by atoms with Crippen LogP contribution >= 0.6 is 0 Å². The number of morpholine rings is 1. The minimum atomic E-state index is -0.214. The molecule has 3 aliphatic rings. The van der Waals surface area contributed by atoms with Gasteiger partial charge in [0, 0.05) is 44.7 Å². The summed E-state index contributed by atoms with van der Waals surface area (Å²) >= 11 is 0. The van der Waals surface area contributed by atoms with Gasteiger partial charge in [-0.05, 0) is 38.5 Å². The van der Waals surface area contributed by atoms with E-state index in [1.165, 1.54) is 19.2 Å². The minimum Gasteiger partial charge on any atom is -0.438 e. The number of amides is 2. The highest BCUT2D eigenvalue weighted by Crippen LogP contribution is 2.35. The summed E-state index contributed by atoms with van der Waals surface area (Å²) in [6, 6.07) is 0.542. The first-order chi connectivity index (χ1) is 13.6. The number of likely N-dealkylation sites (tertiary alicyclic amines) is 1. The molecule has 4 rings (SSSR count). The molecule has 8 heteroatoms. The molecule has 1 aromatic heterocycles. The van der Waals surface area contributed by atoms with Crippen LogP contribution in [0.15, 0.2) is 10.8 Å². The Morgan fingerprint density at radius 3 is 2.61 bits per heavy atom. The third-order valence-corrected chi connectivity index (χ3v) is 6.16. The van der Waals surface area contributed by atoms with Crippen molar-refractivity contribution in [3.05, 3.63) is 17.8 Å². The summed E-state index contributed by atoms with van der Waals surface area (Å²) in [7, 11) is 0. The number of hydrogen-bond donors (Lipinski definition) is 1. The number of ether oxygens (including phenoxy) is 1. The van der Waals surface area contributed by atoms with Gasteiger partial charge in [-0.25, -0.2) is 4.98 Å². The molecule has 0 aromatic carbocycles. The average Bonchev–Trinajstić information content (AvgIpc) is 3.31. The Hall–Kier alpha value is -1.93. The summed E-state index contributed by atoms with van der Waals surface area (Å²) in [4.78, 5) is 33.5. The lowest BCUT2D eigenvalue weighted by Crippen LogP contribution is -2.47. The van der Waals surface area contributed by atoms with Crippen molar-refractivity contribution in [2.75, 3.05) is 39.4 Å². The van der Waals surface area contributed by atoms with Crippen LogP contribution < -0.4 is 5.32 Å². The van der Waals surface area contributed by atoms with Crippen molar-refractivity contribution in [2.45, 2.75) is 51.1 Å². The average molecular weight is 390 g/mol. The van der Waals surface area contributed by atoms with Gasteiger partial charge in [0.05, 0.1) is 18.9 Å². The predicted octanol–water partition coefficient (Wildman–Crippen LogP) is 1.20. The zero-order valence-electron chi connectivity index (χ0n) is 16.6. The fraction of sp³-hybridized carbons (Fsp3) is 0.750. The van der Waals surface area contributed by atoms with Gasteiger partial charge in [-0.3, -0.25) is 14.5 Å². The molecule has 2 aliphatic heterocycles. The van der Waals surface area contributed by atoms with Crippen molar-refractivity contribution in [1.29, 1.82) is 0 Å². The zero-order chi connectivity index (χ0) is 19.5. The van der Waals surface area contributed by atoms with Gasteiger partial charge < -0.3 is 19.4 Å². The van der Waals surface area contributed by atoms with Crippen LogP contribution in [0.2, 0.25) is 0 Å². The maximum Gasteiger partial charge on any atom is 0.289 e. The highest BCUT2D eigenvalue weighted by Gasteiger charge is 2.38. The normalized spacial score (nSPS) is 25.8. The fourth-order valence-corrected chi connectivity index (χ4v) is 4.30. The second-order valence-electron chi connectivity index (χ2n) is 8.20. The van der Waals surface area contributed by atoms with E-state index in [1.54, 1.807) is 6.92 Å². The first kappa shape index (κ1) is 19.4. The quantitative estimate of drug-likeness (QED) is 0.753. The SMILES string of the molecule is Cc1ncoc1C(=O)NC[C@@H]1CC[C@H](CC(=O)N2CCOCC2)N1CC1CC1. The number of rotatable bonds is 7. The zero-order valence-corrected chi connectivity index (χ0v) is 16.6. The molecular weight excluding hydrogens is 360 g/mol. The first-order valence-corrected chi connectivity index (χ1v) is 10.4. The molecule has 1 N–H and O–H groups in total. The van der Waals surface area contributed by atoms with Crippen LogP contribution in [0.25, 0.3) is 0 Å². The number of carbonyl (C=O) groups is 2. The number of hydrogen-bond acceptors (Lipinski definition) is 6. The van der Waals surface area contributed by atoms with Crippen LogP contribution in [0, 0.1) is 12.8 Å². The summed E-state index contributed by atoms with van der Waals surface area (Å²) < 4.78 is 10.5. The van der Waals surface area contributed by atoms with E-state index in [2.05, 4.69) is 15.2 Å². The number of carbonyl (C=O) groups excluding carboxylic acids is 2.